The van der Waals surface area contributed by atoms with Gasteiger partial charge in [0.25, 0.3) is 0 Å². The van der Waals surface area contributed by atoms with E-state index in [2.05, 4.69) is 10.2 Å². The van der Waals surface area contributed by atoms with Gasteiger partial charge in [0.05, 0.1) is 23.7 Å². The van der Waals surface area contributed by atoms with Gasteiger partial charge in [-0.25, -0.2) is 16.8 Å². The van der Waals surface area contributed by atoms with E-state index < -0.39 is 25.9 Å². The fraction of sp³-hybridized carbons (Fsp3) is 0.727. The molecule has 1 aromatic heterocycles. The minimum Gasteiger partial charge on any atom is -0.280 e. The SMILES string of the molecule is CCS(=O)(=O)N1CCCC[C@H]1c1[nH]ncc1S(C)(=O)=O. The number of nitrogens with one attached hydrogen (secondary N) is 1. The van der Waals surface area contributed by atoms with E-state index in [1.54, 1.807) is 6.92 Å². The van der Waals surface area contributed by atoms with Crippen molar-refractivity contribution in [2.24, 2.45) is 0 Å². The molecular formula is C11H19N3O4S2. The van der Waals surface area contributed by atoms with Gasteiger partial charge in [0.15, 0.2) is 9.84 Å². The van der Waals surface area contributed by atoms with Crippen LogP contribution in [0.1, 0.15) is 37.9 Å². The van der Waals surface area contributed by atoms with Crippen molar-refractivity contribution in [3.8, 4) is 0 Å². The number of aromatic nitrogens is 2. The molecule has 1 aliphatic heterocycles. The molecular weight excluding hydrogens is 302 g/mol. The van der Waals surface area contributed by atoms with Crippen LogP contribution in [-0.2, 0) is 19.9 Å². The van der Waals surface area contributed by atoms with Crippen LogP contribution in [0.3, 0.4) is 0 Å². The summed E-state index contributed by atoms with van der Waals surface area (Å²) in [5, 5.41) is 6.45. The lowest BCUT2D eigenvalue weighted by Crippen LogP contribution is -2.39. The predicted octanol–water partition coefficient (Wildman–Crippen LogP) is 0.690. The first-order chi connectivity index (χ1) is 9.27. The van der Waals surface area contributed by atoms with E-state index in [1.807, 2.05) is 0 Å². The Bertz CT molecular complexity index is 678. The Hall–Kier alpha value is -0.930. The van der Waals surface area contributed by atoms with E-state index in [4.69, 9.17) is 0 Å². The van der Waals surface area contributed by atoms with Crippen molar-refractivity contribution in [2.45, 2.75) is 37.1 Å². The highest BCUT2D eigenvalue weighted by Gasteiger charge is 2.35. The molecule has 0 unspecified atom stereocenters. The Morgan fingerprint density at radius 3 is 2.65 bits per heavy atom. The van der Waals surface area contributed by atoms with Crippen molar-refractivity contribution in [1.29, 1.82) is 0 Å². The summed E-state index contributed by atoms with van der Waals surface area (Å²) >= 11 is 0. The van der Waals surface area contributed by atoms with Crippen molar-refractivity contribution >= 4 is 19.9 Å². The van der Waals surface area contributed by atoms with E-state index in [0.29, 0.717) is 18.7 Å². The zero-order valence-corrected chi connectivity index (χ0v) is 13.2. The van der Waals surface area contributed by atoms with Gasteiger partial charge in [0, 0.05) is 12.8 Å². The van der Waals surface area contributed by atoms with Crippen LogP contribution in [0.15, 0.2) is 11.1 Å². The smallest absolute Gasteiger partial charge is 0.214 e. The van der Waals surface area contributed by atoms with Gasteiger partial charge in [-0.2, -0.15) is 9.40 Å². The standard InChI is InChI=1S/C11H19N3O4S2/c1-3-20(17,18)14-7-5-4-6-9(14)11-10(8-12-13-11)19(2,15)16/h8-9H,3-7H2,1-2H3,(H,12,13)/t9-/m0/s1. The van der Waals surface area contributed by atoms with Crippen LogP contribution in [0.4, 0.5) is 0 Å². The van der Waals surface area contributed by atoms with Gasteiger partial charge in [-0.3, -0.25) is 5.10 Å². The van der Waals surface area contributed by atoms with E-state index >= 15 is 0 Å². The van der Waals surface area contributed by atoms with Gasteiger partial charge in [-0.05, 0) is 19.8 Å². The summed E-state index contributed by atoms with van der Waals surface area (Å²) in [7, 11) is -6.80. The number of piperidine rings is 1. The minimum atomic E-state index is -3.43. The Kier molecular flexibility index (Phi) is 4.22. The third kappa shape index (κ3) is 2.89. The molecule has 1 aromatic rings. The van der Waals surface area contributed by atoms with Crippen molar-refractivity contribution in [3.05, 3.63) is 11.9 Å². The summed E-state index contributed by atoms with van der Waals surface area (Å²) in [4.78, 5) is 0.0840. The number of nitrogens with zero attached hydrogens (tertiary/aromatic N) is 2. The molecule has 2 heterocycles. The number of sulfone groups is 1. The molecule has 9 heteroatoms. The van der Waals surface area contributed by atoms with Gasteiger partial charge in [0.1, 0.15) is 4.90 Å². The maximum Gasteiger partial charge on any atom is 0.214 e. The molecule has 1 N–H and O–H groups in total. The number of hydrogen-bond acceptors (Lipinski definition) is 5. The molecule has 0 spiro atoms. The highest BCUT2D eigenvalue weighted by molar-refractivity contribution is 7.90. The number of rotatable bonds is 4. The maximum atomic E-state index is 12.2. The molecule has 2 rings (SSSR count). The molecule has 1 aliphatic rings. The van der Waals surface area contributed by atoms with Crippen molar-refractivity contribution in [2.75, 3.05) is 18.6 Å². The molecule has 114 valence electrons. The van der Waals surface area contributed by atoms with Crippen LogP contribution >= 0.6 is 0 Å². The highest BCUT2D eigenvalue weighted by Crippen LogP contribution is 2.35. The molecule has 0 amide bonds. The minimum absolute atomic E-state index is 0.00580. The zero-order valence-electron chi connectivity index (χ0n) is 11.5. The van der Waals surface area contributed by atoms with Crippen LogP contribution in [0, 0.1) is 0 Å². The zero-order chi connectivity index (χ0) is 15.0. The molecule has 1 atom stereocenters. The summed E-state index contributed by atoms with van der Waals surface area (Å²) in [6, 6.07) is -0.471. The third-order valence-electron chi connectivity index (χ3n) is 3.54. The van der Waals surface area contributed by atoms with Crippen LogP contribution in [0.25, 0.3) is 0 Å². The topological polar surface area (TPSA) is 100 Å². The van der Waals surface area contributed by atoms with Crippen molar-refractivity contribution < 1.29 is 16.8 Å². The first kappa shape index (κ1) is 15.5. The second-order valence-electron chi connectivity index (χ2n) is 4.94. The van der Waals surface area contributed by atoms with Gasteiger partial charge >= 0.3 is 0 Å². The number of aromatic amines is 1. The number of sulfonamides is 1. The van der Waals surface area contributed by atoms with Gasteiger partial charge < -0.3 is 0 Å². The van der Waals surface area contributed by atoms with E-state index in [-0.39, 0.29) is 10.6 Å². The van der Waals surface area contributed by atoms with Gasteiger partial charge in [-0.1, -0.05) is 6.42 Å². The summed E-state index contributed by atoms with van der Waals surface area (Å²) < 4.78 is 49.2. The molecule has 1 saturated heterocycles. The van der Waals surface area contributed by atoms with Crippen molar-refractivity contribution in [3.63, 3.8) is 0 Å². The normalized spacial score (nSPS) is 22.0. The maximum absolute atomic E-state index is 12.2. The molecule has 0 saturated carbocycles. The fourth-order valence-corrected chi connectivity index (χ4v) is 4.67. The molecule has 0 radical (unpaired) electrons. The summed E-state index contributed by atoms with van der Waals surface area (Å²) in [6.45, 7) is 2.01. The first-order valence-corrected chi connectivity index (χ1v) is 10.00. The number of H-pyrrole nitrogens is 1. The first-order valence-electron chi connectivity index (χ1n) is 6.50. The molecule has 1 fully saturated rings. The molecule has 7 nitrogen and oxygen atoms in total. The predicted molar refractivity (Wildman–Crippen MR) is 74.5 cm³/mol. The van der Waals surface area contributed by atoms with Crippen LogP contribution in [-0.4, -0.2) is 49.9 Å². The van der Waals surface area contributed by atoms with E-state index in [1.165, 1.54) is 10.5 Å². The lowest BCUT2D eigenvalue weighted by atomic mass is 10.0. The molecule has 0 aromatic carbocycles. The molecule has 0 bridgehead atoms. The summed E-state index contributed by atoms with van der Waals surface area (Å²) in [6.07, 6.45) is 4.60. The second kappa shape index (κ2) is 5.45. The van der Waals surface area contributed by atoms with Crippen LogP contribution in [0.2, 0.25) is 0 Å². The third-order valence-corrected chi connectivity index (χ3v) is 6.55. The number of hydrogen-bond donors (Lipinski definition) is 1. The Morgan fingerprint density at radius 1 is 1.35 bits per heavy atom. The highest BCUT2D eigenvalue weighted by atomic mass is 32.2. The Morgan fingerprint density at radius 2 is 2.05 bits per heavy atom. The molecule has 0 aliphatic carbocycles. The van der Waals surface area contributed by atoms with E-state index in [0.717, 1.165) is 19.1 Å². The Balaban J connectivity index is 2.47. The summed E-state index contributed by atoms with van der Waals surface area (Å²) in [5.41, 5.74) is 0.379. The average molecular weight is 321 g/mol. The monoisotopic (exact) mass is 321 g/mol. The summed E-state index contributed by atoms with van der Waals surface area (Å²) in [5.74, 6) is 0.00580. The second-order valence-corrected chi connectivity index (χ2v) is 9.14. The average Bonchev–Trinajstić information content (AvgIpc) is 2.88. The molecule has 20 heavy (non-hydrogen) atoms. The Labute approximate surface area is 119 Å². The quantitative estimate of drug-likeness (QED) is 0.879. The lowest BCUT2D eigenvalue weighted by molar-refractivity contribution is 0.249. The van der Waals surface area contributed by atoms with Gasteiger partial charge in [-0.15, -0.1) is 0 Å². The largest absolute Gasteiger partial charge is 0.280 e. The fourth-order valence-electron chi connectivity index (χ4n) is 2.51. The van der Waals surface area contributed by atoms with Crippen LogP contribution in [0.5, 0.6) is 0 Å². The van der Waals surface area contributed by atoms with Gasteiger partial charge in [0.2, 0.25) is 10.0 Å². The lowest BCUT2D eigenvalue weighted by Gasteiger charge is -2.34. The van der Waals surface area contributed by atoms with E-state index in [9.17, 15) is 16.8 Å². The van der Waals surface area contributed by atoms with Crippen LogP contribution < -0.4 is 0 Å². The van der Waals surface area contributed by atoms with Crippen molar-refractivity contribution in [1.82, 2.24) is 14.5 Å².